The molecule has 0 amide bonds. The molecular weight excluding hydrogens is 449 g/mol. The maximum Gasteiger partial charge on any atom is 0.241 e. The summed E-state index contributed by atoms with van der Waals surface area (Å²) in [5.74, 6) is -0.150. The maximum absolute atomic E-state index is 13.1. The minimum absolute atomic E-state index is 0.0178. The maximum atomic E-state index is 13.1. The highest BCUT2D eigenvalue weighted by Crippen LogP contribution is 2.31. The van der Waals surface area contributed by atoms with E-state index in [1.165, 1.54) is 23.8 Å². The Kier molecular flexibility index (Phi) is 8.99. The first kappa shape index (κ1) is 24.5. The Morgan fingerprint density at radius 2 is 2.03 bits per heavy atom. The van der Waals surface area contributed by atoms with Gasteiger partial charge < -0.3 is 11.1 Å². The van der Waals surface area contributed by atoms with E-state index in [0.717, 1.165) is 12.6 Å². The fourth-order valence-corrected chi connectivity index (χ4v) is 5.01. The average molecular weight is 475 g/mol. The average Bonchev–Trinajstić information content (AvgIpc) is 2.70. The smallest absolute Gasteiger partial charge is 0.241 e. The van der Waals surface area contributed by atoms with Crippen LogP contribution >= 0.6 is 23.2 Å². The van der Waals surface area contributed by atoms with E-state index in [2.05, 4.69) is 16.7 Å². The minimum Gasteiger partial charge on any atom is -0.396 e. The van der Waals surface area contributed by atoms with E-state index in [1.54, 1.807) is 0 Å². The van der Waals surface area contributed by atoms with Crippen molar-refractivity contribution in [2.75, 3.05) is 12.3 Å². The van der Waals surface area contributed by atoms with Gasteiger partial charge in [-0.2, -0.15) is 0 Å². The first-order chi connectivity index (χ1) is 14.2. The van der Waals surface area contributed by atoms with Crippen molar-refractivity contribution in [1.82, 2.24) is 4.72 Å². The first-order valence-electron chi connectivity index (χ1n) is 9.48. The van der Waals surface area contributed by atoms with Gasteiger partial charge in [0.25, 0.3) is 0 Å². The van der Waals surface area contributed by atoms with E-state index in [-0.39, 0.29) is 38.8 Å². The third-order valence-electron chi connectivity index (χ3n) is 4.82. The van der Waals surface area contributed by atoms with E-state index in [4.69, 9.17) is 34.3 Å². The number of halogens is 2. The molecule has 0 spiro atoms. The predicted molar refractivity (Wildman–Crippen MR) is 120 cm³/mol. The van der Waals surface area contributed by atoms with Gasteiger partial charge in [0.05, 0.1) is 32.9 Å². The summed E-state index contributed by atoms with van der Waals surface area (Å²) in [5, 5.41) is 10.8. The van der Waals surface area contributed by atoms with Crippen LogP contribution in [0.1, 0.15) is 26.2 Å². The Balaban J connectivity index is 2.24. The highest BCUT2D eigenvalue weighted by atomic mass is 35.5. The van der Waals surface area contributed by atoms with Crippen LogP contribution in [0.15, 0.2) is 34.3 Å². The second-order valence-corrected chi connectivity index (χ2v) is 9.68. The van der Waals surface area contributed by atoms with Gasteiger partial charge in [-0.1, -0.05) is 47.4 Å². The van der Waals surface area contributed by atoms with Crippen molar-refractivity contribution in [3.63, 3.8) is 0 Å². The Labute approximate surface area is 186 Å². The molecule has 0 radical (unpaired) electrons. The van der Waals surface area contributed by atoms with Gasteiger partial charge in [0, 0.05) is 18.6 Å². The SMILES string of the molecule is CC1C=CC(C(=O)C(CC[NH2+]/N=C\C=N)NS(=O)(=O)c2cc(Cl)c(N)c(Cl)c2)CC1. The zero-order valence-electron chi connectivity index (χ0n) is 16.5. The molecule has 6 N–H and O–H groups in total. The number of rotatable bonds is 10. The van der Waals surface area contributed by atoms with Gasteiger partial charge in [-0.25, -0.2) is 18.6 Å². The molecule has 0 aliphatic heterocycles. The topological polar surface area (TPSA) is 142 Å². The molecule has 8 nitrogen and oxygen atoms in total. The molecule has 1 aliphatic carbocycles. The molecule has 2 rings (SSSR count). The van der Waals surface area contributed by atoms with Gasteiger partial charge in [-0.15, -0.1) is 0 Å². The quantitative estimate of drug-likeness (QED) is 0.103. The summed E-state index contributed by atoms with van der Waals surface area (Å²) in [6, 6.07) is 1.46. The van der Waals surface area contributed by atoms with Crippen LogP contribution in [-0.2, 0) is 14.8 Å². The zero-order chi connectivity index (χ0) is 22.3. The molecule has 0 saturated heterocycles. The molecule has 0 heterocycles. The molecule has 0 fully saturated rings. The number of ketones is 1. The number of allylic oxidation sites excluding steroid dienone is 2. The van der Waals surface area contributed by atoms with Crippen LogP contribution in [0.25, 0.3) is 0 Å². The standard InChI is InChI=1S/C19H25Cl2N5O3S/c1-12-2-4-13(5-3-12)19(27)17(6-8-24-25-9-7-22)26-30(28,29)14-10-15(20)18(23)16(21)11-14/h2,4,7,9-13,17,22,24,26H,3,5-6,8,23H2,1H3/p+1/b22-7?,25-9-. The summed E-state index contributed by atoms with van der Waals surface area (Å²) < 4.78 is 28.3. The Morgan fingerprint density at radius 3 is 2.60 bits per heavy atom. The zero-order valence-corrected chi connectivity index (χ0v) is 18.8. The Bertz CT molecular complexity index is 926. The minimum atomic E-state index is -4.07. The number of anilines is 1. The number of carbonyl (C=O) groups is 1. The van der Waals surface area contributed by atoms with Crippen molar-refractivity contribution in [3.05, 3.63) is 34.3 Å². The highest BCUT2D eigenvalue weighted by molar-refractivity contribution is 7.89. The molecule has 0 aromatic heterocycles. The first-order valence-corrected chi connectivity index (χ1v) is 11.7. The second kappa shape index (κ2) is 11.0. The molecule has 1 aromatic carbocycles. The normalized spacial score (nSPS) is 20.4. The fraction of sp³-hybridized carbons (Fsp3) is 0.421. The van der Waals surface area contributed by atoms with Gasteiger partial charge in [-0.05, 0) is 30.9 Å². The van der Waals surface area contributed by atoms with Crippen LogP contribution in [0.5, 0.6) is 0 Å². The fourth-order valence-electron chi connectivity index (χ4n) is 3.10. The second-order valence-electron chi connectivity index (χ2n) is 7.15. The molecule has 11 heteroatoms. The van der Waals surface area contributed by atoms with Crippen molar-refractivity contribution in [3.8, 4) is 0 Å². The third-order valence-corrected chi connectivity index (χ3v) is 6.90. The largest absolute Gasteiger partial charge is 0.396 e. The molecular formula is C19H26Cl2N5O3S+. The lowest BCUT2D eigenvalue weighted by Crippen LogP contribution is -2.79. The number of nitrogens with one attached hydrogen (secondary N) is 2. The number of nitrogen functional groups attached to an aromatic ring is 1. The number of nitrogens with zero attached hydrogens (tertiary/aromatic N) is 1. The number of sulfonamides is 1. The Morgan fingerprint density at radius 1 is 1.37 bits per heavy atom. The molecule has 30 heavy (non-hydrogen) atoms. The molecule has 0 saturated carbocycles. The van der Waals surface area contributed by atoms with Crippen LogP contribution in [0.4, 0.5) is 5.69 Å². The third kappa shape index (κ3) is 6.61. The number of hydrogen-bond donors (Lipinski definition) is 4. The summed E-state index contributed by atoms with van der Waals surface area (Å²) in [7, 11) is -4.07. The van der Waals surface area contributed by atoms with Crippen LogP contribution < -0.4 is 15.9 Å². The summed E-state index contributed by atoms with van der Waals surface area (Å²) in [6.07, 6.45) is 7.93. The summed E-state index contributed by atoms with van der Waals surface area (Å²) >= 11 is 11.9. The lowest BCUT2D eigenvalue weighted by Gasteiger charge is -2.24. The van der Waals surface area contributed by atoms with Gasteiger partial charge in [0.2, 0.25) is 10.0 Å². The predicted octanol–water partition coefficient (Wildman–Crippen LogP) is 1.98. The van der Waals surface area contributed by atoms with Crippen molar-refractivity contribution in [1.29, 1.82) is 5.41 Å². The van der Waals surface area contributed by atoms with Crippen molar-refractivity contribution in [2.45, 2.75) is 37.1 Å². The van der Waals surface area contributed by atoms with E-state index in [0.29, 0.717) is 18.9 Å². The number of Topliss-reactive ketones (excluding diaryl/α,β-unsaturated/α-hetero) is 1. The number of nitrogens with two attached hydrogens (primary N) is 2. The summed E-state index contributed by atoms with van der Waals surface area (Å²) in [5.41, 5.74) is 7.31. The molecule has 3 atom stereocenters. The number of benzene rings is 1. The van der Waals surface area contributed by atoms with Crippen LogP contribution in [0, 0.1) is 17.2 Å². The van der Waals surface area contributed by atoms with Crippen molar-refractivity contribution in [2.24, 2.45) is 16.9 Å². The molecule has 1 aromatic rings. The van der Waals surface area contributed by atoms with Gasteiger partial charge >= 0.3 is 0 Å². The van der Waals surface area contributed by atoms with Gasteiger partial charge in [0.15, 0.2) is 5.78 Å². The lowest BCUT2D eigenvalue weighted by atomic mass is 9.84. The van der Waals surface area contributed by atoms with Gasteiger partial charge in [0.1, 0.15) is 6.54 Å². The van der Waals surface area contributed by atoms with E-state index in [9.17, 15) is 13.2 Å². The summed E-state index contributed by atoms with van der Waals surface area (Å²) in [6.45, 7) is 2.43. The molecule has 3 unspecified atom stereocenters. The Hall–Kier alpha value is -1.78. The molecule has 1 aliphatic rings. The van der Waals surface area contributed by atoms with Gasteiger partial charge in [-0.3, -0.25) is 4.79 Å². The van der Waals surface area contributed by atoms with Crippen molar-refractivity contribution >= 4 is 57.1 Å². The van der Waals surface area contributed by atoms with Crippen molar-refractivity contribution < 1.29 is 18.6 Å². The van der Waals surface area contributed by atoms with E-state index in [1.807, 2.05) is 12.2 Å². The summed E-state index contributed by atoms with van der Waals surface area (Å²) in [4.78, 5) is 12.9. The highest BCUT2D eigenvalue weighted by Gasteiger charge is 2.31. The molecule has 0 bridgehead atoms. The van der Waals surface area contributed by atoms with Crippen LogP contribution in [0.2, 0.25) is 10.0 Å². The van der Waals surface area contributed by atoms with E-state index >= 15 is 0 Å². The van der Waals surface area contributed by atoms with Crippen LogP contribution in [-0.4, -0.2) is 39.2 Å². The number of hydrogen-bond acceptors (Lipinski definition) is 6. The van der Waals surface area contributed by atoms with Crippen LogP contribution in [0.3, 0.4) is 0 Å². The molecule has 164 valence electrons. The monoisotopic (exact) mass is 474 g/mol. The van der Waals surface area contributed by atoms with E-state index < -0.39 is 16.1 Å². The number of quaternary nitrogens is 1. The lowest BCUT2D eigenvalue weighted by molar-refractivity contribution is -0.660. The number of carbonyl (C=O) groups excluding carboxylic acids is 1.